The number of hydrogen-bond donors (Lipinski definition) is 1. The molecule has 3 rings (SSSR count). The fraction of sp³-hybridized carbons (Fsp3) is 0.400. The third kappa shape index (κ3) is 1.63. The minimum atomic E-state index is -2.83. The molecule has 1 aromatic carbocycles. The van der Waals surface area contributed by atoms with Crippen LogP contribution >= 0.6 is 11.8 Å². The van der Waals surface area contributed by atoms with Gasteiger partial charge in [0.2, 0.25) is 0 Å². The lowest BCUT2D eigenvalue weighted by molar-refractivity contribution is 0.602. The van der Waals surface area contributed by atoms with Gasteiger partial charge in [-0.15, -0.1) is 11.8 Å². The Hall–Kier alpha value is -0.680. The molecule has 2 unspecified atom stereocenters. The van der Waals surface area contributed by atoms with Crippen LogP contribution in [0.3, 0.4) is 0 Å². The summed E-state index contributed by atoms with van der Waals surface area (Å²) in [5.41, 5.74) is 1.07. The van der Waals surface area contributed by atoms with E-state index in [0.29, 0.717) is 5.75 Å². The average Bonchev–Trinajstić information content (AvgIpc) is 2.46. The van der Waals surface area contributed by atoms with E-state index in [2.05, 4.69) is 5.32 Å². The van der Waals surface area contributed by atoms with Gasteiger partial charge in [0.1, 0.15) is 0 Å². The monoisotopic (exact) mass is 241 g/mol. The number of nitrogens with one attached hydrogen (secondary N) is 1. The van der Waals surface area contributed by atoms with E-state index < -0.39 is 9.84 Å². The molecule has 1 N–H and O–H groups in total. The second-order valence-corrected chi connectivity index (χ2v) is 7.42. The van der Waals surface area contributed by atoms with Crippen LogP contribution in [0.5, 0.6) is 0 Å². The first-order valence-corrected chi connectivity index (χ1v) is 7.57. The van der Waals surface area contributed by atoms with Crippen molar-refractivity contribution in [3.63, 3.8) is 0 Å². The Morgan fingerprint density at radius 2 is 2.07 bits per heavy atom. The van der Waals surface area contributed by atoms with Crippen molar-refractivity contribution in [3.05, 3.63) is 24.3 Å². The topological polar surface area (TPSA) is 46.2 Å². The first-order valence-electron chi connectivity index (χ1n) is 4.87. The molecule has 0 radical (unpaired) electrons. The molecule has 1 saturated heterocycles. The zero-order valence-electron chi connectivity index (χ0n) is 8.01. The van der Waals surface area contributed by atoms with Crippen molar-refractivity contribution in [1.29, 1.82) is 0 Å². The molecule has 2 atom stereocenters. The molecule has 2 aliphatic heterocycles. The number of rotatable bonds is 0. The van der Waals surface area contributed by atoms with Crippen molar-refractivity contribution in [3.8, 4) is 0 Å². The van der Waals surface area contributed by atoms with Crippen LogP contribution in [-0.4, -0.2) is 31.2 Å². The fourth-order valence-corrected chi connectivity index (χ4v) is 5.93. The Morgan fingerprint density at radius 1 is 1.27 bits per heavy atom. The highest BCUT2D eigenvalue weighted by Gasteiger charge is 2.40. The number of para-hydroxylation sites is 1. The van der Waals surface area contributed by atoms with Crippen molar-refractivity contribution in [1.82, 2.24) is 0 Å². The zero-order chi connectivity index (χ0) is 10.5. The number of fused-ring (bicyclic) bond motifs is 2. The fourth-order valence-electron chi connectivity index (χ4n) is 2.12. The molecule has 3 nitrogen and oxygen atoms in total. The van der Waals surface area contributed by atoms with Gasteiger partial charge in [-0.1, -0.05) is 12.1 Å². The molecule has 0 bridgehead atoms. The third-order valence-corrected chi connectivity index (χ3v) is 6.16. The van der Waals surface area contributed by atoms with E-state index in [1.807, 2.05) is 24.3 Å². The van der Waals surface area contributed by atoms with Crippen LogP contribution in [0.25, 0.3) is 0 Å². The maximum atomic E-state index is 11.5. The molecule has 15 heavy (non-hydrogen) atoms. The Morgan fingerprint density at radius 3 is 2.93 bits per heavy atom. The molecule has 5 heteroatoms. The number of hydrogen-bond acceptors (Lipinski definition) is 4. The van der Waals surface area contributed by atoms with Gasteiger partial charge in [0, 0.05) is 15.8 Å². The van der Waals surface area contributed by atoms with Crippen LogP contribution < -0.4 is 5.32 Å². The van der Waals surface area contributed by atoms with E-state index in [1.165, 1.54) is 0 Å². The lowest BCUT2D eigenvalue weighted by atomic mass is 10.2. The molecule has 0 amide bonds. The standard InChI is InChI=1S/C10H11NO2S2/c12-15(13)5-8-10(6-15)14-9-4-2-1-3-7(9)11-8/h1-4,8,10-11H,5-6H2. The zero-order valence-corrected chi connectivity index (χ0v) is 9.64. The SMILES string of the molecule is O=S1(=O)CC2Nc3ccccc3SC2C1. The van der Waals surface area contributed by atoms with Crippen LogP contribution in [0, 0.1) is 0 Å². The van der Waals surface area contributed by atoms with Crippen molar-refractivity contribution >= 4 is 27.3 Å². The third-order valence-electron chi connectivity index (χ3n) is 2.81. The summed E-state index contributed by atoms with van der Waals surface area (Å²) in [6.07, 6.45) is 0. The van der Waals surface area contributed by atoms with Gasteiger partial charge < -0.3 is 5.32 Å². The van der Waals surface area contributed by atoms with Gasteiger partial charge in [-0.25, -0.2) is 8.42 Å². The van der Waals surface area contributed by atoms with Crippen LogP contribution in [0.15, 0.2) is 29.2 Å². The van der Waals surface area contributed by atoms with Gasteiger partial charge in [0.25, 0.3) is 0 Å². The average molecular weight is 241 g/mol. The van der Waals surface area contributed by atoms with Crippen LogP contribution in [0.2, 0.25) is 0 Å². The maximum absolute atomic E-state index is 11.5. The van der Waals surface area contributed by atoms with Gasteiger partial charge in [-0.3, -0.25) is 0 Å². The van der Waals surface area contributed by atoms with Crippen molar-refractivity contribution in [2.45, 2.75) is 16.2 Å². The van der Waals surface area contributed by atoms with Crippen molar-refractivity contribution < 1.29 is 8.42 Å². The molecule has 0 aliphatic carbocycles. The molecule has 1 aromatic rings. The molecular formula is C10H11NO2S2. The van der Waals surface area contributed by atoms with E-state index in [1.54, 1.807) is 11.8 Å². The quantitative estimate of drug-likeness (QED) is 0.745. The van der Waals surface area contributed by atoms with Crippen molar-refractivity contribution in [2.75, 3.05) is 16.8 Å². The van der Waals surface area contributed by atoms with Crippen LogP contribution in [0.1, 0.15) is 0 Å². The van der Waals surface area contributed by atoms with Gasteiger partial charge >= 0.3 is 0 Å². The normalized spacial score (nSPS) is 31.5. The summed E-state index contributed by atoms with van der Waals surface area (Å²) in [6.45, 7) is 0. The lowest BCUT2D eigenvalue weighted by Crippen LogP contribution is -2.33. The summed E-state index contributed by atoms with van der Waals surface area (Å²) >= 11 is 1.69. The Kier molecular flexibility index (Phi) is 2.01. The molecule has 2 heterocycles. The van der Waals surface area contributed by atoms with E-state index >= 15 is 0 Å². The molecule has 0 saturated carbocycles. The van der Waals surface area contributed by atoms with Crippen LogP contribution in [-0.2, 0) is 9.84 Å². The first kappa shape index (κ1) is 9.54. The molecule has 0 aromatic heterocycles. The first-order chi connectivity index (χ1) is 7.14. The van der Waals surface area contributed by atoms with Gasteiger partial charge in [0.05, 0.1) is 17.5 Å². The largest absolute Gasteiger partial charge is 0.379 e. The second kappa shape index (κ2) is 3.15. The van der Waals surface area contributed by atoms with E-state index in [4.69, 9.17) is 0 Å². The predicted molar refractivity (Wildman–Crippen MR) is 62.2 cm³/mol. The number of thioether (sulfide) groups is 1. The maximum Gasteiger partial charge on any atom is 0.153 e. The molecule has 1 fully saturated rings. The highest BCUT2D eigenvalue weighted by atomic mass is 32.2. The molecule has 0 spiro atoms. The highest BCUT2D eigenvalue weighted by molar-refractivity contribution is 8.02. The molecule has 2 aliphatic rings. The molecular weight excluding hydrogens is 230 g/mol. The van der Waals surface area contributed by atoms with E-state index in [0.717, 1.165) is 10.6 Å². The number of sulfone groups is 1. The summed E-state index contributed by atoms with van der Waals surface area (Å²) < 4.78 is 23.0. The highest BCUT2D eigenvalue weighted by Crippen LogP contribution is 2.41. The van der Waals surface area contributed by atoms with Crippen LogP contribution in [0.4, 0.5) is 5.69 Å². The lowest BCUT2D eigenvalue weighted by Gasteiger charge is -2.27. The summed E-state index contributed by atoms with van der Waals surface area (Å²) in [7, 11) is -2.83. The predicted octanol–water partition coefficient (Wildman–Crippen LogP) is 1.37. The van der Waals surface area contributed by atoms with E-state index in [9.17, 15) is 8.42 Å². The summed E-state index contributed by atoms with van der Waals surface area (Å²) in [4.78, 5) is 1.16. The van der Waals surface area contributed by atoms with Gasteiger partial charge in [-0.2, -0.15) is 0 Å². The second-order valence-electron chi connectivity index (χ2n) is 3.98. The van der Waals surface area contributed by atoms with Gasteiger partial charge in [0.15, 0.2) is 9.84 Å². The minimum Gasteiger partial charge on any atom is -0.379 e. The minimum absolute atomic E-state index is 0.0925. The smallest absolute Gasteiger partial charge is 0.153 e. The number of anilines is 1. The van der Waals surface area contributed by atoms with Crippen molar-refractivity contribution in [2.24, 2.45) is 0 Å². The Labute approximate surface area is 93.2 Å². The Balaban J connectivity index is 1.97. The Bertz CT molecular complexity index is 459. The summed E-state index contributed by atoms with van der Waals surface area (Å²) in [5, 5.41) is 3.50. The van der Waals surface area contributed by atoms with E-state index in [-0.39, 0.29) is 17.0 Å². The summed E-state index contributed by atoms with van der Waals surface area (Å²) in [5.74, 6) is 0.586. The number of benzene rings is 1. The molecule has 80 valence electrons. The van der Waals surface area contributed by atoms with Gasteiger partial charge in [-0.05, 0) is 12.1 Å². The summed E-state index contributed by atoms with van der Waals surface area (Å²) in [6, 6.07) is 8.08.